The molecule has 4 heterocycles. The number of nitrogens with two attached hydrogens (primary N) is 1. The number of amides is 2. The van der Waals surface area contributed by atoms with Gasteiger partial charge in [-0.1, -0.05) is 6.92 Å². The van der Waals surface area contributed by atoms with Crippen LogP contribution in [-0.4, -0.2) is 86.9 Å². The molecule has 1 unspecified atom stereocenters. The van der Waals surface area contributed by atoms with Crippen LogP contribution in [0.1, 0.15) is 33.1 Å². The molecule has 0 aromatic heterocycles. The van der Waals surface area contributed by atoms with E-state index in [1.165, 1.54) is 16.7 Å². The molecule has 31 heavy (non-hydrogen) atoms. The second kappa shape index (κ2) is 7.19. The lowest BCUT2D eigenvalue weighted by Gasteiger charge is -2.46. The maximum Gasteiger partial charge on any atom is 0.353 e. The van der Waals surface area contributed by atoms with Gasteiger partial charge in [0, 0.05) is 47.2 Å². The second-order valence-electron chi connectivity index (χ2n) is 9.90. The SMILES string of the molecule is C[C@@H](O)[C@H]1C(=O)N2C(C(=O)O)=C(S[C@@H]3CN[C@H](C(=O)N4CC(N)C5(CC5)C4)C3)[C@H](C)[C@H]12. The van der Waals surface area contributed by atoms with Crippen LogP contribution in [-0.2, 0) is 14.4 Å². The maximum atomic E-state index is 13.0. The predicted octanol–water partition coefficient (Wildman–Crippen LogP) is -0.446. The summed E-state index contributed by atoms with van der Waals surface area (Å²) in [6.07, 6.45) is 2.00. The summed E-state index contributed by atoms with van der Waals surface area (Å²) in [6, 6.07) is -0.531. The minimum Gasteiger partial charge on any atom is -0.477 e. The molecule has 2 amide bonds. The molecule has 1 spiro atoms. The van der Waals surface area contributed by atoms with Gasteiger partial charge < -0.3 is 31.1 Å². The van der Waals surface area contributed by atoms with Crippen molar-refractivity contribution in [3.8, 4) is 0 Å². The average Bonchev–Trinajstić information content (AvgIpc) is 3.09. The summed E-state index contributed by atoms with van der Waals surface area (Å²) >= 11 is 1.46. The number of aliphatic hydroxyl groups excluding tert-OH is 1. The lowest BCUT2D eigenvalue weighted by atomic mass is 9.79. The Balaban J connectivity index is 1.27. The van der Waals surface area contributed by atoms with E-state index in [4.69, 9.17) is 5.73 Å². The Kier molecular flexibility index (Phi) is 4.93. The second-order valence-corrected chi connectivity index (χ2v) is 11.2. The molecule has 0 aromatic carbocycles. The highest BCUT2D eigenvalue weighted by Crippen LogP contribution is 2.53. The topological polar surface area (TPSA) is 136 Å². The van der Waals surface area contributed by atoms with Crippen LogP contribution in [0.2, 0.25) is 0 Å². The minimum atomic E-state index is -1.12. The van der Waals surface area contributed by atoms with Gasteiger partial charge in [0.25, 0.3) is 0 Å². The molecular weight excluding hydrogens is 420 g/mol. The molecule has 1 aliphatic carbocycles. The van der Waals surface area contributed by atoms with E-state index < -0.39 is 18.0 Å². The van der Waals surface area contributed by atoms with E-state index in [0.29, 0.717) is 24.4 Å². The van der Waals surface area contributed by atoms with Crippen LogP contribution in [0.15, 0.2) is 10.6 Å². The third kappa shape index (κ3) is 3.13. The number of nitrogens with zero attached hydrogens (tertiary/aromatic N) is 2. The van der Waals surface area contributed by atoms with Gasteiger partial charge in [0.15, 0.2) is 0 Å². The van der Waals surface area contributed by atoms with Crippen LogP contribution in [0.4, 0.5) is 0 Å². The number of hydrogen-bond donors (Lipinski definition) is 4. The molecule has 170 valence electrons. The van der Waals surface area contributed by atoms with E-state index in [1.54, 1.807) is 6.92 Å². The van der Waals surface area contributed by atoms with Gasteiger partial charge in [-0.05, 0) is 26.2 Å². The van der Waals surface area contributed by atoms with Crippen LogP contribution in [0.3, 0.4) is 0 Å². The summed E-state index contributed by atoms with van der Waals surface area (Å²) in [4.78, 5) is 41.4. The van der Waals surface area contributed by atoms with E-state index in [2.05, 4.69) is 5.32 Å². The first-order valence-corrected chi connectivity index (χ1v) is 12.0. The average molecular weight is 451 g/mol. The lowest BCUT2D eigenvalue weighted by Crippen LogP contribution is -2.63. The van der Waals surface area contributed by atoms with Crippen LogP contribution in [0, 0.1) is 17.3 Å². The summed E-state index contributed by atoms with van der Waals surface area (Å²) in [5.41, 5.74) is 6.43. The largest absolute Gasteiger partial charge is 0.477 e. The van der Waals surface area contributed by atoms with Gasteiger partial charge in [0.05, 0.1) is 24.1 Å². The third-order valence-electron chi connectivity index (χ3n) is 7.91. The van der Waals surface area contributed by atoms with Crippen LogP contribution < -0.4 is 11.1 Å². The van der Waals surface area contributed by atoms with E-state index in [0.717, 1.165) is 19.4 Å². The number of carbonyl (C=O) groups is 3. The Hall–Kier alpha value is -1.62. The number of carboxylic acids is 1. The maximum absolute atomic E-state index is 13.0. The quantitative estimate of drug-likeness (QED) is 0.414. The molecule has 0 radical (unpaired) electrons. The van der Waals surface area contributed by atoms with Crippen LogP contribution in [0.5, 0.6) is 0 Å². The molecule has 0 bridgehead atoms. The summed E-state index contributed by atoms with van der Waals surface area (Å²) in [6.45, 7) is 5.45. The number of likely N-dealkylation sites (tertiary alicyclic amines) is 1. The molecule has 1 saturated carbocycles. The van der Waals surface area contributed by atoms with E-state index in [1.807, 2.05) is 11.8 Å². The lowest BCUT2D eigenvalue weighted by molar-refractivity contribution is -0.163. The van der Waals surface area contributed by atoms with Gasteiger partial charge in [-0.2, -0.15) is 0 Å². The van der Waals surface area contributed by atoms with Crippen LogP contribution >= 0.6 is 11.8 Å². The van der Waals surface area contributed by atoms with Gasteiger partial charge in [0.1, 0.15) is 5.70 Å². The van der Waals surface area contributed by atoms with Crippen molar-refractivity contribution in [1.29, 1.82) is 0 Å². The third-order valence-corrected chi connectivity index (χ3v) is 9.42. The van der Waals surface area contributed by atoms with Crippen molar-refractivity contribution in [2.24, 2.45) is 23.0 Å². The number of hydrogen-bond acceptors (Lipinski definition) is 7. The van der Waals surface area contributed by atoms with E-state index in [9.17, 15) is 24.6 Å². The number of β-lactam (4-membered cyclic amide) rings is 1. The standard InChI is InChI=1S/C21H30N4O5S/c1-9-15-14(10(2)26)19(28)25(15)16(20(29)30)17(9)31-11-5-12(23-6-11)18(27)24-7-13(22)21(8-24)3-4-21/h9-15,23,26H,3-8,22H2,1-2H3,(H,29,30)/t9-,10-,11+,12+,13?,14-,15-/m1/s1. The smallest absolute Gasteiger partial charge is 0.353 e. The molecule has 7 atom stereocenters. The molecule has 5 N–H and O–H groups in total. The zero-order valence-corrected chi connectivity index (χ0v) is 18.6. The Morgan fingerprint density at radius 3 is 2.65 bits per heavy atom. The molecule has 3 saturated heterocycles. The Labute approximate surface area is 185 Å². The normalized spacial score (nSPS) is 39.2. The van der Waals surface area contributed by atoms with E-state index >= 15 is 0 Å². The number of rotatable bonds is 5. The Morgan fingerprint density at radius 1 is 1.35 bits per heavy atom. The monoisotopic (exact) mass is 450 g/mol. The number of thioether (sulfide) groups is 1. The van der Waals surface area contributed by atoms with Gasteiger partial charge >= 0.3 is 5.97 Å². The summed E-state index contributed by atoms with van der Waals surface area (Å²) in [5, 5.41) is 23.1. The zero-order valence-electron chi connectivity index (χ0n) is 17.8. The van der Waals surface area contributed by atoms with Crippen molar-refractivity contribution in [1.82, 2.24) is 15.1 Å². The highest BCUT2D eigenvalue weighted by atomic mass is 32.2. The van der Waals surface area contributed by atoms with Gasteiger partial charge in [-0.15, -0.1) is 11.8 Å². The van der Waals surface area contributed by atoms with Gasteiger partial charge in [-0.3, -0.25) is 9.59 Å². The fraction of sp³-hybridized carbons (Fsp3) is 0.762. The minimum absolute atomic E-state index is 0.0420. The van der Waals surface area contributed by atoms with Crippen molar-refractivity contribution in [2.75, 3.05) is 19.6 Å². The van der Waals surface area contributed by atoms with Gasteiger partial charge in [-0.25, -0.2) is 4.79 Å². The zero-order chi connectivity index (χ0) is 22.2. The fourth-order valence-corrected chi connectivity index (χ4v) is 7.39. The molecule has 0 aromatic rings. The number of carboxylic acid groups (broad SMARTS) is 1. The number of fused-ring (bicyclic) bond motifs is 1. The van der Waals surface area contributed by atoms with Crippen molar-refractivity contribution in [2.45, 2.75) is 62.6 Å². The predicted molar refractivity (Wildman–Crippen MR) is 114 cm³/mol. The number of aliphatic carboxylic acids is 1. The first-order valence-electron chi connectivity index (χ1n) is 11.1. The molecular formula is C21H30N4O5S. The molecule has 10 heteroatoms. The summed E-state index contributed by atoms with van der Waals surface area (Å²) in [7, 11) is 0. The first kappa shape index (κ1) is 21.2. The summed E-state index contributed by atoms with van der Waals surface area (Å²) in [5.74, 6) is -2.07. The Morgan fingerprint density at radius 2 is 2.06 bits per heavy atom. The van der Waals surface area contributed by atoms with E-state index in [-0.39, 0.29) is 52.2 Å². The number of carbonyl (C=O) groups excluding carboxylic acids is 2. The van der Waals surface area contributed by atoms with Crippen molar-refractivity contribution < 1.29 is 24.6 Å². The molecule has 4 fully saturated rings. The van der Waals surface area contributed by atoms with Crippen molar-refractivity contribution in [3.63, 3.8) is 0 Å². The van der Waals surface area contributed by atoms with Crippen molar-refractivity contribution in [3.05, 3.63) is 10.6 Å². The number of aliphatic hydroxyl groups is 1. The number of nitrogens with one attached hydrogen (secondary N) is 1. The molecule has 5 rings (SSSR count). The molecule has 4 aliphatic heterocycles. The Bertz CT molecular complexity index is 872. The fourth-order valence-electron chi connectivity index (χ4n) is 5.91. The highest BCUT2D eigenvalue weighted by Gasteiger charge is 2.60. The molecule has 5 aliphatic rings. The van der Waals surface area contributed by atoms with Crippen molar-refractivity contribution >= 4 is 29.5 Å². The molecule has 9 nitrogen and oxygen atoms in total. The van der Waals surface area contributed by atoms with Crippen LogP contribution in [0.25, 0.3) is 0 Å². The first-order chi connectivity index (χ1) is 14.6. The summed E-state index contributed by atoms with van der Waals surface area (Å²) < 4.78 is 0. The highest BCUT2D eigenvalue weighted by molar-refractivity contribution is 8.03. The van der Waals surface area contributed by atoms with Gasteiger partial charge in [0.2, 0.25) is 11.8 Å².